The number of hydrogen-bond donors (Lipinski definition) is 2. The van der Waals surface area contributed by atoms with Crippen LogP contribution in [-0.4, -0.2) is 24.5 Å². The number of hydrogen-bond acceptors (Lipinski definition) is 5. The van der Waals surface area contributed by atoms with Crippen LogP contribution in [0.15, 0.2) is 35.9 Å². The van der Waals surface area contributed by atoms with Crippen LogP contribution in [-0.2, 0) is 16.2 Å². The van der Waals surface area contributed by atoms with Gasteiger partial charge in [-0.15, -0.1) is 0 Å². The number of urea groups is 1. The standard InChI is InChI=1S/C20H15Cl3N2O5/c1-2-29-16-7-10(5-13-18(26)24-20(28)25-19(13)27)6-15(23)17(16)30-9-11-3-4-12(21)8-14(11)22/h3-8H,2,9H2,1H3,(H2,24,25,26,27,28). The largest absolute Gasteiger partial charge is 0.490 e. The number of amides is 4. The van der Waals surface area contributed by atoms with Crippen molar-refractivity contribution in [2.75, 3.05) is 6.61 Å². The molecule has 1 heterocycles. The second kappa shape index (κ2) is 9.38. The molecule has 2 aromatic carbocycles. The first-order valence-electron chi connectivity index (χ1n) is 8.70. The van der Waals surface area contributed by atoms with E-state index in [0.717, 1.165) is 0 Å². The summed E-state index contributed by atoms with van der Waals surface area (Å²) >= 11 is 18.4. The van der Waals surface area contributed by atoms with Gasteiger partial charge in [0.1, 0.15) is 12.2 Å². The number of benzene rings is 2. The molecule has 1 saturated heterocycles. The van der Waals surface area contributed by atoms with Gasteiger partial charge in [-0.2, -0.15) is 0 Å². The van der Waals surface area contributed by atoms with Crippen LogP contribution in [0.4, 0.5) is 4.79 Å². The lowest BCUT2D eigenvalue weighted by Crippen LogP contribution is -2.51. The van der Waals surface area contributed by atoms with Gasteiger partial charge in [0.15, 0.2) is 11.5 Å². The summed E-state index contributed by atoms with van der Waals surface area (Å²) in [6.07, 6.45) is 1.30. The Hall–Kier alpha value is -2.74. The number of ether oxygens (including phenoxy) is 2. The minimum Gasteiger partial charge on any atom is -0.490 e. The molecule has 0 radical (unpaired) electrons. The van der Waals surface area contributed by atoms with Crippen molar-refractivity contribution in [1.82, 2.24) is 10.6 Å². The maximum atomic E-state index is 11.9. The normalized spacial score (nSPS) is 13.6. The zero-order chi connectivity index (χ0) is 21.8. The van der Waals surface area contributed by atoms with Crippen molar-refractivity contribution in [3.63, 3.8) is 0 Å². The lowest BCUT2D eigenvalue weighted by Gasteiger charge is -2.16. The zero-order valence-corrected chi connectivity index (χ0v) is 17.8. The van der Waals surface area contributed by atoms with Gasteiger partial charge in [-0.3, -0.25) is 20.2 Å². The van der Waals surface area contributed by atoms with Gasteiger partial charge < -0.3 is 9.47 Å². The summed E-state index contributed by atoms with van der Waals surface area (Å²) < 4.78 is 11.4. The van der Waals surface area contributed by atoms with E-state index < -0.39 is 17.8 Å². The van der Waals surface area contributed by atoms with Crippen LogP contribution in [0.25, 0.3) is 6.08 Å². The number of barbiturate groups is 1. The highest BCUT2D eigenvalue weighted by Gasteiger charge is 2.28. The molecular weight excluding hydrogens is 455 g/mol. The van der Waals surface area contributed by atoms with E-state index in [9.17, 15) is 14.4 Å². The van der Waals surface area contributed by atoms with Crippen LogP contribution in [0.3, 0.4) is 0 Å². The van der Waals surface area contributed by atoms with E-state index in [1.807, 2.05) is 10.6 Å². The molecular formula is C20H15Cl3N2O5. The molecule has 0 saturated carbocycles. The van der Waals surface area contributed by atoms with Crippen molar-refractivity contribution >= 4 is 58.7 Å². The summed E-state index contributed by atoms with van der Waals surface area (Å²) in [6, 6.07) is 7.23. The first-order chi connectivity index (χ1) is 14.3. The number of nitrogens with one attached hydrogen (secondary N) is 2. The molecule has 0 aliphatic carbocycles. The Bertz CT molecular complexity index is 1050. The fourth-order valence-electron chi connectivity index (χ4n) is 2.64. The second-order valence-electron chi connectivity index (χ2n) is 6.08. The van der Waals surface area contributed by atoms with Crippen LogP contribution in [0, 0.1) is 0 Å². The maximum absolute atomic E-state index is 11.9. The quantitative estimate of drug-likeness (QED) is 0.484. The van der Waals surface area contributed by atoms with Crippen LogP contribution in [0.2, 0.25) is 15.1 Å². The molecule has 2 aromatic rings. The van der Waals surface area contributed by atoms with Crippen molar-refractivity contribution in [1.29, 1.82) is 0 Å². The van der Waals surface area contributed by atoms with Crippen molar-refractivity contribution in [2.24, 2.45) is 0 Å². The molecule has 1 aliphatic heterocycles. The van der Waals surface area contributed by atoms with Crippen LogP contribution in [0.1, 0.15) is 18.1 Å². The molecule has 7 nitrogen and oxygen atoms in total. The van der Waals surface area contributed by atoms with Crippen molar-refractivity contribution in [3.05, 3.63) is 62.1 Å². The SMILES string of the molecule is CCOc1cc(C=C2C(=O)NC(=O)NC2=O)cc(Cl)c1OCc1ccc(Cl)cc1Cl. The van der Waals surface area contributed by atoms with Gasteiger partial charge in [0.05, 0.1) is 11.6 Å². The van der Waals surface area contributed by atoms with Crippen LogP contribution >= 0.6 is 34.8 Å². The Morgan fingerprint density at radius 2 is 1.63 bits per heavy atom. The summed E-state index contributed by atoms with van der Waals surface area (Å²) in [5, 5.41) is 5.16. The van der Waals surface area contributed by atoms with Gasteiger partial charge in [0.2, 0.25) is 0 Å². The van der Waals surface area contributed by atoms with Crippen LogP contribution in [0.5, 0.6) is 11.5 Å². The van der Waals surface area contributed by atoms with Gasteiger partial charge in [-0.1, -0.05) is 40.9 Å². The topological polar surface area (TPSA) is 93.7 Å². The third kappa shape index (κ3) is 5.05. The molecule has 30 heavy (non-hydrogen) atoms. The lowest BCUT2D eigenvalue weighted by molar-refractivity contribution is -0.123. The van der Waals surface area contributed by atoms with Gasteiger partial charge >= 0.3 is 6.03 Å². The summed E-state index contributed by atoms with van der Waals surface area (Å²) in [6.45, 7) is 2.22. The molecule has 0 unspecified atom stereocenters. The first kappa shape index (κ1) is 22.0. The minimum atomic E-state index is -0.875. The fourth-order valence-corrected chi connectivity index (χ4v) is 3.37. The van der Waals surface area contributed by atoms with Crippen molar-refractivity contribution in [2.45, 2.75) is 13.5 Å². The number of carbonyl (C=O) groups excluding carboxylic acids is 3. The Morgan fingerprint density at radius 3 is 2.27 bits per heavy atom. The Labute approximate surface area is 186 Å². The molecule has 156 valence electrons. The number of rotatable bonds is 6. The van der Waals surface area contributed by atoms with Crippen LogP contribution < -0.4 is 20.1 Å². The average molecular weight is 470 g/mol. The number of halogens is 3. The van der Waals surface area contributed by atoms with Gasteiger partial charge in [0.25, 0.3) is 11.8 Å². The van der Waals surface area contributed by atoms with Crippen molar-refractivity contribution < 1.29 is 23.9 Å². The van der Waals surface area contributed by atoms with E-state index in [0.29, 0.717) is 33.5 Å². The Morgan fingerprint density at radius 1 is 0.933 bits per heavy atom. The molecule has 10 heteroatoms. The third-order valence-corrected chi connectivity index (χ3v) is 4.84. The molecule has 1 fully saturated rings. The van der Waals surface area contributed by atoms with Crippen molar-refractivity contribution in [3.8, 4) is 11.5 Å². The molecule has 4 amide bonds. The summed E-state index contributed by atoms with van der Waals surface area (Å²) in [5.41, 5.74) is 0.871. The van der Waals surface area contributed by atoms with Gasteiger partial charge in [-0.25, -0.2) is 4.79 Å². The molecule has 0 atom stereocenters. The highest BCUT2D eigenvalue weighted by atomic mass is 35.5. The monoisotopic (exact) mass is 468 g/mol. The predicted octanol–water partition coefficient (Wildman–Crippen LogP) is 4.37. The maximum Gasteiger partial charge on any atom is 0.328 e. The van der Waals surface area contributed by atoms with Gasteiger partial charge in [0, 0.05) is 15.6 Å². The summed E-state index contributed by atoms with van der Waals surface area (Å²) in [5.74, 6) is -1.03. The highest BCUT2D eigenvalue weighted by molar-refractivity contribution is 6.35. The summed E-state index contributed by atoms with van der Waals surface area (Å²) in [7, 11) is 0. The zero-order valence-electron chi connectivity index (χ0n) is 15.6. The average Bonchev–Trinajstić information content (AvgIpc) is 2.65. The number of imide groups is 2. The molecule has 3 rings (SSSR count). The molecule has 2 N–H and O–H groups in total. The smallest absolute Gasteiger partial charge is 0.328 e. The lowest BCUT2D eigenvalue weighted by atomic mass is 10.1. The Kier molecular flexibility index (Phi) is 6.87. The predicted molar refractivity (Wildman–Crippen MR) is 113 cm³/mol. The van der Waals surface area contributed by atoms with E-state index in [1.54, 1.807) is 31.2 Å². The summed E-state index contributed by atoms with van der Waals surface area (Å²) in [4.78, 5) is 35.0. The van der Waals surface area contributed by atoms with E-state index in [1.165, 1.54) is 12.1 Å². The first-order valence-corrected chi connectivity index (χ1v) is 9.83. The van der Waals surface area contributed by atoms with E-state index in [4.69, 9.17) is 44.3 Å². The fraction of sp³-hybridized carbons (Fsp3) is 0.150. The third-order valence-electron chi connectivity index (χ3n) is 3.97. The molecule has 0 bridgehead atoms. The minimum absolute atomic E-state index is 0.114. The van der Waals surface area contributed by atoms with Gasteiger partial charge in [-0.05, 0) is 42.8 Å². The second-order valence-corrected chi connectivity index (χ2v) is 7.33. The van der Waals surface area contributed by atoms with E-state index in [-0.39, 0.29) is 23.0 Å². The van der Waals surface area contributed by atoms with E-state index in [2.05, 4.69) is 0 Å². The van der Waals surface area contributed by atoms with E-state index >= 15 is 0 Å². The number of carbonyl (C=O) groups is 3. The molecule has 0 spiro atoms. The molecule has 0 aromatic heterocycles. The molecule has 1 aliphatic rings. The highest BCUT2D eigenvalue weighted by Crippen LogP contribution is 2.38. The Balaban J connectivity index is 1.90.